The predicted molar refractivity (Wildman–Crippen MR) is 74.4 cm³/mol. The van der Waals surface area contributed by atoms with E-state index in [9.17, 15) is 9.90 Å². The number of amides is 1. The van der Waals surface area contributed by atoms with Crippen molar-refractivity contribution in [2.24, 2.45) is 0 Å². The van der Waals surface area contributed by atoms with E-state index in [0.29, 0.717) is 17.4 Å². The van der Waals surface area contributed by atoms with Crippen LogP contribution in [0.25, 0.3) is 0 Å². The van der Waals surface area contributed by atoms with Crippen LogP contribution in [0.5, 0.6) is 0 Å². The highest BCUT2D eigenvalue weighted by Gasteiger charge is 2.50. The van der Waals surface area contributed by atoms with Gasteiger partial charge in [0.05, 0.1) is 12.1 Å². The Morgan fingerprint density at radius 2 is 2.28 bits per heavy atom. The number of allylic oxidation sites excluding steroid dienone is 1. The van der Waals surface area contributed by atoms with Gasteiger partial charge in [0.25, 0.3) is 5.91 Å². The summed E-state index contributed by atoms with van der Waals surface area (Å²) >= 11 is 3.23. The molecule has 0 aromatic heterocycles. The maximum atomic E-state index is 11.8. The van der Waals surface area contributed by atoms with E-state index in [2.05, 4.69) is 22.5 Å². The van der Waals surface area contributed by atoms with Crippen LogP contribution in [0.2, 0.25) is 0 Å². The Morgan fingerprint density at radius 3 is 2.72 bits per heavy atom. The molecule has 1 aliphatic rings. The normalized spacial score (nSPS) is 24.5. The minimum atomic E-state index is -0.662. The van der Waals surface area contributed by atoms with Crippen molar-refractivity contribution in [3.05, 3.63) is 22.7 Å². The molecule has 1 aliphatic heterocycles. The van der Waals surface area contributed by atoms with Crippen LogP contribution in [-0.4, -0.2) is 47.8 Å². The van der Waals surface area contributed by atoms with Gasteiger partial charge in [-0.05, 0) is 18.3 Å². The highest BCUT2D eigenvalue weighted by atomic mass is 79.9. The molecule has 1 amide bonds. The molecule has 1 heterocycles. The summed E-state index contributed by atoms with van der Waals surface area (Å²) in [4.78, 5) is 13.5. The van der Waals surface area contributed by atoms with Crippen molar-refractivity contribution in [2.45, 2.75) is 38.5 Å². The molecule has 1 rings (SSSR count). The number of rotatable bonds is 6. The Bertz CT molecular complexity index is 363. The third-order valence-electron chi connectivity index (χ3n) is 2.97. The van der Waals surface area contributed by atoms with Crippen LogP contribution in [-0.2, 0) is 9.53 Å². The number of hydrogen-bond donors (Lipinski definition) is 1. The number of carbonyl (C=O) groups is 1. The van der Waals surface area contributed by atoms with Gasteiger partial charge in [0.2, 0.25) is 0 Å². The van der Waals surface area contributed by atoms with E-state index in [1.165, 1.54) is 7.11 Å². The molecule has 0 aromatic carbocycles. The van der Waals surface area contributed by atoms with Crippen LogP contribution in [0.15, 0.2) is 22.7 Å². The van der Waals surface area contributed by atoms with E-state index in [1.807, 2.05) is 19.9 Å². The standard InChI is InChI=1S/C13H20BrNO3/c1-8(2)5-6-15-11(10(16)7-9(3)14)12(18-4)13(15)17/h5,10-12,16H,3,6-7H2,1-2,4H3/t10-,11-,12+/m0/s1. The summed E-state index contributed by atoms with van der Waals surface area (Å²) in [6.45, 7) is 8.17. The third-order valence-corrected chi connectivity index (χ3v) is 3.30. The van der Waals surface area contributed by atoms with E-state index in [0.717, 1.165) is 5.57 Å². The van der Waals surface area contributed by atoms with Gasteiger partial charge in [-0.25, -0.2) is 0 Å². The summed E-state index contributed by atoms with van der Waals surface area (Å²) in [5, 5.41) is 10.1. The first-order valence-corrected chi connectivity index (χ1v) is 6.65. The van der Waals surface area contributed by atoms with Crippen LogP contribution in [0.3, 0.4) is 0 Å². The minimum Gasteiger partial charge on any atom is -0.390 e. The zero-order valence-electron chi connectivity index (χ0n) is 11.0. The fourth-order valence-corrected chi connectivity index (χ4v) is 2.36. The molecule has 0 aliphatic carbocycles. The molecule has 1 fully saturated rings. The predicted octanol–water partition coefficient (Wildman–Crippen LogP) is 1.84. The summed E-state index contributed by atoms with van der Waals surface area (Å²) in [5.41, 5.74) is 1.14. The first-order chi connectivity index (χ1) is 8.38. The van der Waals surface area contributed by atoms with Crippen molar-refractivity contribution >= 4 is 21.8 Å². The lowest BCUT2D eigenvalue weighted by Gasteiger charge is -2.48. The lowest BCUT2D eigenvalue weighted by Crippen LogP contribution is -2.69. The molecule has 0 saturated carbocycles. The average Bonchev–Trinajstić information content (AvgIpc) is 2.24. The number of aliphatic hydroxyl groups excluding tert-OH is 1. The number of carbonyl (C=O) groups excluding carboxylic acids is 1. The Morgan fingerprint density at radius 1 is 1.67 bits per heavy atom. The molecule has 1 saturated heterocycles. The number of aliphatic hydroxyl groups is 1. The van der Waals surface area contributed by atoms with Gasteiger partial charge in [0.1, 0.15) is 0 Å². The van der Waals surface area contributed by atoms with Crippen molar-refractivity contribution in [1.82, 2.24) is 4.90 Å². The molecule has 5 heteroatoms. The van der Waals surface area contributed by atoms with Crippen molar-refractivity contribution < 1.29 is 14.6 Å². The number of ether oxygens (including phenoxy) is 1. The fourth-order valence-electron chi connectivity index (χ4n) is 2.03. The molecule has 3 atom stereocenters. The largest absolute Gasteiger partial charge is 0.390 e. The first kappa shape index (κ1) is 15.4. The molecule has 0 spiro atoms. The monoisotopic (exact) mass is 317 g/mol. The molecular formula is C13H20BrNO3. The lowest BCUT2D eigenvalue weighted by molar-refractivity contribution is -0.179. The Labute approximate surface area is 116 Å². The second-order valence-electron chi connectivity index (χ2n) is 4.71. The van der Waals surface area contributed by atoms with Crippen LogP contribution in [0, 0.1) is 0 Å². The van der Waals surface area contributed by atoms with Gasteiger partial charge in [0, 0.05) is 20.1 Å². The van der Waals surface area contributed by atoms with Crippen molar-refractivity contribution in [1.29, 1.82) is 0 Å². The first-order valence-electron chi connectivity index (χ1n) is 5.86. The fraction of sp³-hybridized carbons (Fsp3) is 0.615. The summed E-state index contributed by atoms with van der Waals surface area (Å²) in [6.07, 6.45) is 1.16. The number of halogens is 1. The summed E-state index contributed by atoms with van der Waals surface area (Å²) in [5.74, 6) is -0.0702. The summed E-state index contributed by atoms with van der Waals surface area (Å²) in [6, 6.07) is -0.299. The highest BCUT2D eigenvalue weighted by Crippen LogP contribution is 2.29. The molecule has 0 bridgehead atoms. The SMILES string of the molecule is C=C(Br)C[C@H](O)[C@H]1[C@@H](OC)C(=O)N1CC=C(C)C. The molecule has 0 unspecified atom stereocenters. The second kappa shape index (κ2) is 6.50. The average molecular weight is 318 g/mol. The lowest BCUT2D eigenvalue weighted by atomic mass is 9.90. The second-order valence-corrected chi connectivity index (χ2v) is 5.83. The smallest absolute Gasteiger partial charge is 0.254 e. The van der Waals surface area contributed by atoms with Crippen LogP contribution < -0.4 is 0 Å². The van der Waals surface area contributed by atoms with Gasteiger partial charge < -0.3 is 14.7 Å². The van der Waals surface area contributed by atoms with Crippen molar-refractivity contribution in [3.63, 3.8) is 0 Å². The zero-order chi connectivity index (χ0) is 13.9. The van der Waals surface area contributed by atoms with Gasteiger partial charge in [0.15, 0.2) is 6.10 Å². The molecule has 4 nitrogen and oxygen atoms in total. The van der Waals surface area contributed by atoms with Crippen LogP contribution in [0.4, 0.5) is 0 Å². The van der Waals surface area contributed by atoms with E-state index in [1.54, 1.807) is 4.90 Å². The quantitative estimate of drug-likeness (QED) is 0.600. The topological polar surface area (TPSA) is 49.8 Å². The number of nitrogens with zero attached hydrogens (tertiary/aromatic N) is 1. The number of β-lactam (4-membered cyclic amide) rings is 1. The van der Waals surface area contributed by atoms with Crippen molar-refractivity contribution in [3.8, 4) is 0 Å². The van der Waals surface area contributed by atoms with E-state index < -0.39 is 12.2 Å². The van der Waals surface area contributed by atoms with E-state index in [4.69, 9.17) is 4.74 Å². The van der Waals surface area contributed by atoms with Crippen LogP contribution in [0.1, 0.15) is 20.3 Å². The molecule has 0 aromatic rings. The molecule has 0 radical (unpaired) electrons. The van der Waals surface area contributed by atoms with Gasteiger partial charge in [-0.15, -0.1) is 0 Å². The zero-order valence-corrected chi connectivity index (χ0v) is 12.6. The Hall–Kier alpha value is -0.650. The van der Waals surface area contributed by atoms with Gasteiger partial charge in [-0.3, -0.25) is 4.79 Å². The molecular weight excluding hydrogens is 298 g/mol. The number of hydrogen-bond acceptors (Lipinski definition) is 3. The van der Waals surface area contributed by atoms with Gasteiger partial charge >= 0.3 is 0 Å². The molecule has 102 valence electrons. The van der Waals surface area contributed by atoms with E-state index >= 15 is 0 Å². The van der Waals surface area contributed by atoms with Crippen LogP contribution >= 0.6 is 15.9 Å². The van der Waals surface area contributed by atoms with Crippen molar-refractivity contribution in [2.75, 3.05) is 13.7 Å². The van der Waals surface area contributed by atoms with Gasteiger partial charge in [-0.2, -0.15) is 0 Å². The Kier molecular flexibility index (Phi) is 5.56. The Balaban J connectivity index is 2.73. The number of likely N-dealkylation sites (tertiary alicyclic amines) is 1. The summed E-state index contributed by atoms with van der Waals surface area (Å²) < 4.78 is 5.85. The maximum Gasteiger partial charge on any atom is 0.254 e. The minimum absolute atomic E-state index is 0.0702. The maximum absolute atomic E-state index is 11.8. The third kappa shape index (κ3) is 3.43. The van der Waals surface area contributed by atoms with Gasteiger partial charge in [-0.1, -0.05) is 34.2 Å². The number of methoxy groups -OCH3 is 1. The van der Waals surface area contributed by atoms with E-state index in [-0.39, 0.29) is 11.9 Å². The molecule has 18 heavy (non-hydrogen) atoms. The molecule has 1 N–H and O–H groups in total. The highest BCUT2D eigenvalue weighted by molar-refractivity contribution is 9.11. The summed E-state index contributed by atoms with van der Waals surface area (Å²) in [7, 11) is 1.49.